The van der Waals surface area contributed by atoms with Crippen LogP contribution in [0.15, 0.2) is 10.6 Å². The Bertz CT molecular complexity index is 512. The average molecular weight is 279 g/mol. The molecule has 0 saturated carbocycles. The zero-order chi connectivity index (χ0) is 14.9. The third-order valence-corrected chi connectivity index (χ3v) is 3.72. The molecule has 1 aromatic rings. The summed E-state index contributed by atoms with van der Waals surface area (Å²) < 4.78 is 5.51. The van der Waals surface area contributed by atoms with Gasteiger partial charge in [-0.3, -0.25) is 9.59 Å². The van der Waals surface area contributed by atoms with Gasteiger partial charge in [-0.15, -0.1) is 0 Å². The van der Waals surface area contributed by atoms with Crippen molar-refractivity contribution in [1.82, 2.24) is 15.2 Å². The lowest BCUT2D eigenvalue weighted by molar-refractivity contribution is -0.152. The number of carbonyl (C=O) groups is 2. The number of piperazine rings is 1. The minimum atomic E-state index is -0.465. The van der Waals surface area contributed by atoms with Crippen molar-refractivity contribution in [2.75, 3.05) is 0 Å². The first-order chi connectivity index (χ1) is 9.49. The lowest BCUT2D eigenvalue weighted by Gasteiger charge is -2.40. The van der Waals surface area contributed by atoms with Crippen LogP contribution >= 0.6 is 0 Å². The summed E-state index contributed by atoms with van der Waals surface area (Å²) in [5.74, 6) is 0.996. The zero-order valence-corrected chi connectivity index (χ0v) is 12.3. The quantitative estimate of drug-likeness (QED) is 0.907. The number of hydrogen-bond donors (Lipinski definition) is 1. The standard InChI is InChI=1S/C14H21N3O3/c1-5-10-14(19)17(11(6-2)12(18)16-10)9(4)13-15-7-8(3)20-13/h7,9-11H,5-6H2,1-4H3,(H,16,18). The first kappa shape index (κ1) is 14.6. The number of oxazole rings is 1. The van der Waals surface area contributed by atoms with Crippen LogP contribution in [0.3, 0.4) is 0 Å². The van der Waals surface area contributed by atoms with Gasteiger partial charge >= 0.3 is 0 Å². The fraction of sp³-hybridized carbons (Fsp3) is 0.643. The molecule has 0 spiro atoms. The molecular formula is C14H21N3O3. The van der Waals surface area contributed by atoms with Gasteiger partial charge < -0.3 is 14.6 Å². The van der Waals surface area contributed by atoms with Gasteiger partial charge in [-0.1, -0.05) is 13.8 Å². The van der Waals surface area contributed by atoms with E-state index in [1.807, 2.05) is 20.8 Å². The Morgan fingerprint density at radius 3 is 2.60 bits per heavy atom. The highest BCUT2D eigenvalue weighted by atomic mass is 16.4. The van der Waals surface area contributed by atoms with Crippen LogP contribution < -0.4 is 5.32 Å². The Morgan fingerprint density at radius 2 is 2.10 bits per heavy atom. The highest BCUT2D eigenvalue weighted by Gasteiger charge is 2.42. The molecule has 3 atom stereocenters. The molecule has 1 N–H and O–H groups in total. The number of aromatic nitrogens is 1. The third kappa shape index (κ3) is 2.42. The molecule has 2 rings (SSSR count). The van der Waals surface area contributed by atoms with E-state index in [-0.39, 0.29) is 17.9 Å². The summed E-state index contributed by atoms with van der Waals surface area (Å²) in [7, 11) is 0. The Balaban J connectivity index is 2.33. The molecule has 0 aliphatic carbocycles. The normalized spacial score (nSPS) is 24.7. The van der Waals surface area contributed by atoms with Crippen molar-refractivity contribution in [1.29, 1.82) is 0 Å². The number of nitrogens with one attached hydrogen (secondary N) is 1. The number of amides is 2. The molecule has 3 unspecified atom stereocenters. The van der Waals surface area contributed by atoms with Crippen LogP contribution in [0.5, 0.6) is 0 Å². The van der Waals surface area contributed by atoms with Crippen molar-refractivity contribution in [2.45, 2.75) is 58.7 Å². The van der Waals surface area contributed by atoms with Gasteiger partial charge in [-0.25, -0.2) is 4.98 Å². The summed E-state index contributed by atoms with van der Waals surface area (Å²) in [5, 5.41) is 2.78. The predicted molar refractivity (Wildman–Crippen MR) is 72.8 cm³/mol. The Kier molecular flexibility index (Phi) is 4.11. The van der Waals surface area contributed by atoms with E-state index in [0.29, 0.717) is 24.5 Å². The molecule has 20 heavy (non-hydrogen) atoms. The maximum Gasteiger partial charge on any atom is 0.246 e. The molecule has 0 radical (unpaired) electrons. The van der Waals surface area contributed by atoms with E-state index in [4.69, 9.17) is 4.42 Å². The highest BCUT2D eigenvalue weighted by molar-refractivity contribution is 5.97. The number of nitrogens with zero attached hydrogens (tertiary/aromatic N) is 2. The van der Waals surface area contributed by atoms with Crippen LogP contribution in [0.2, 0.25) is 0 Å². The lowest BCUT2D eigenvalue weighted by atomic mass is 10.0. The number of carbonyl (C=O) groups excluding carboxylic acids is 2. The highest BCUT2D eigenvalue weighted by Crippen LogP contribution is 2.27. The zero-order valence-electron chi connectivity index (χ0n) is 12.3. The largest absolute Gasteiger partial charge is 0.444 e. The predicted octanol–water partition coefficient (Wildman–Crippen LogP) is 1.56. The number of aryl methyl sites for hydroxylation is 1. The average Bonchev–Trinajstić information content (AvgIpc) is 2.86. The third-order valence-electron chi connectivity index (χ3n) is 3.72. The smallest absolute Gasteiger partial charge is 0.246 e. The Labute approximate surface area is 118 Å². The molecule has 6 heteroatoms. The first-order valence-corrected chi connectivity index (χ1v) is 7.04. The Morgan fingerprint density at radius 1 is 1.40 bits per heavy atom. The van der Waals surface area contributed by atoms with Gasteiger partial charge in [0.2, 0.25) is 17.7 Å². The van der Waals surface area contributed by atoms with Crippen molar-refractivity contribution in [2.24, 2.45) is 0 Å². The summed E-state index contributed by atoms with van der Waals surface area (Å²) >= 11 is 0. The van der Waals surface area contributed by atoms with E-state index in [9.17, 15) is 9.59 Å². The molecule has 0 bridgehead atoms. The van der Waals surface area contributed by atoms with Crippen molar-refractivity contribution < 1.29 is 14.0 Å². The molecular weight excluding hydrogens is 258 g/mol. The van der Waals surface area contributed by atoms with E-state index in [1.54, 1.807) is 18.0 Å². The lowest BCUT2D eigenvalue weighted by Crippen LogP contribution is -2.63. The van der Waals surface area contributed by atoms with Crippen LogP contribution in [-0.4, -0.2) is 33.8 Å². The second-order valence-corrected chi connectivity index (χ2v) is 5.12. The van der Waals surface area contributed by atoms with Crippen molar-refractivity contribution >= 4 is 11.8 Å². The summed E-state index contributed by atoms with van der Waals surface area (Å²) in [6, 6.07) is -1.27. The van der Waals surface area contributed by atoms with Gasteiger partial charge in [0.1, 0.15) is 23.9 Å². The number of rotatable bonds is 4. The second kappa shape index (κ2) is 5.64. The van der Waals surface area contributed by atoms with E-state index in [0.717, 1.165) is 0 Å². The SMILES string of the molecule is CCC1NC(=O)C(CC)N(C(C)c2ncc(C)o2)C1=O. The molecule has 0 aromatic carbocycles. The molecule has 2 heterocycles. The van der Waals surface area contributed by atoms with Gasteiger partial charge in [0.05, 0.1) is 6.20 Å². The van der Waals surface area contributed by atoms with Gasteiger partial charge in [-0.05, 0) is 26.7 Å². The van der Waals surface area contributed by atoms with Crippen molar-refractivity contribution in [3.63, 3.8) is 0 Å². The van der Waals surface area contributed by atoms with Crippen LogP contribution in [0.4, 0.5) is 0 Å². The van der Waals surface area contributed by atoms with E-state index >= 15 is 0 Å². The maximum atomic E-state index is 12.5. The van der Waals surface area contributed by atoms with Gasteiger partial charge in [0.15, 0.2) is 0 Å². The maximum absolute atomic E-state index is 12.5. The van der Waals surface area contributed by atoms with Gasteiger partial charge in [-0.2, -0.15) is 0 Å². The topological polar surface area (TPSA) is 75.4 Å². The minimum absolute atomic E-state index is 0.0673. The summed E-state index contributed by atoms with van der Waals surface area (Å²) in [6.45, 7) is 7.43. The number of hydrogen-bond acceptors (Lipinski definition) is 4. The molecule has 2 amide bonds. The molecule has 1 saturated heterocycles. The van der Waals surface area contributed by atoms with Gasteiger partial charge in [0, 0.05) is 0 Å². The second-order valence-electron chi connectivity index (χ2n) is 5.12. The molecule has 1 fully saturated rings. The summed E-state index contributed by atoms with van der Waals surface area (Å²) in [6.07, 6.45) is 2.77. The van der Waals surface area contributed by atoms with Crippen molar-refractivity contribution in [3.8, 4) is 0 Å². The van der Waals surface area contributed by atoms with E-state index in [1.165, 1.54) is 0 Å². The molecule has 1 aromatic heterocycles. The van der Waals surface area contributed by atoms with Crippen LogP contribution in [0.1, 0.15) is 51.3 Å². The summed E-state index contributed by atoms with van der Waals surface area (Å²) in [5.41, 5.74) is 0. The monoisotopic (exact) mass is 279 g/mol. The van der Waals surface area contributed by atoms with Crippen LogP contribution in [-0.2, 0) is 9.59 Å². The molecule has 6 nitrogen and oxygen atoms in total. The first-order valence-electron chi connectivity index (χ1n) is 7.04. The van der Waals surface area contributed by atoms with Gasteiger partial charge in [0.25, 0.3) is 0 Å². The summed E-state index contributed by atoms with van der Waals surface area (Å²) in [4.78, 5) is 30.5. The van der Waals surface area contributed by atoms with E-state index in [2.05, 4.69) is 10.3 Å². The van der Waals surface area contributed by atoms with E-state index < -0.39 is 12.1 Å². The molecule has 1 aliphatic heterocycles. The fourth-order valence-corrected chi connectivity index (χ4v) is 2.59. The minimum Gasteiger partial charge on any atom is -0.444 e. The Hall–Kier alpha value is -1.85. The molecule has 1 aliphatic rings. The fourth-order valence-electron chi connectivity index (χ4n) is 2.59. The molecule has 110 valence electrons. The van der Waals surface area contributed by atoms with Crippen LogP contribution in [0, 0.1) is 6.92 Å². The van der Waals surface area contributed by atoms with Crippen molar-refractivity contribution in [3.05, 3.63) is 17.8 Å². The van der Waals surface area contributed by atoms with Crippen LogP contribution in [0.25, 0.3) is 0 Å².